The molecule has 1 aromatic carbocycles. The number of carbonyl (C=O) groups is 1. The first-order valence-corrected chi connectivity index (χ1v) is 17.6. The van der Waals surface area contributed by atoms with Crippen molar-refractivity contribution < 1.29 is 49.3 Å². The number of rotatable bonds is 4. The van der Waals surface area contributed by atoms with Crippen LogP contribution in [0.4, 0.5) is 0 Å². The van der Waals surface area contributed by atoms with Crippen molar-refractivity contribution in [1.82, 2.24) is 4.90 Å². The molecule has 2 unspecified atom stereocenters. The van der Waals surface area contributed by atoms with Crippen LogP contribution >= 0.6 is 0 Å². The molecule has 8 rings (SSSR count). The highest BCUT2D eigenvalue weighted by Crippen LogP contribution is 2.77. The van der Waals surface area contributed by atoms with Gasteiger partial charge in [0.25, 0.3) is 0 Å². The van der Waals surface area contributed by atoms with E-state index >= 15 is 0 Å². The van der Waals surface area contributed by atoms with Crippen molar-refractivity contribution in [3.05, 3.63) is 23.8 Å². The molecule has 1 spiro atoms. The van der Waals surface area contributed by atoms with E-state index in [0.717, 1.165) is 19.4 Å². The SMILES string of the molecule is COc1ccc(C(=O)O[C@H]2CC[C@@]3(C)C4CC[C@H]5[C@]6(O)[C@@H](O)[C@H](O)[C@H]7[C@@H](CN8C[C@@H](C)CC[C@H]8[C@@]7(C)O)[C@@H]6C[C@@]53OC42O)cc1OC. The van der Waals surface area contributed by atoms with Crippen molar-refractivity contribution in [2.45, 2.75) is 113 Å². The number of fused-ring (bicyclic) bond motifs is 5. The third kappa shape index (κ3) is 3.91. The number of hydrogen-bond acceptors (Lipinski definition) is 11. The number of piperidine rings is 2. The zero-order valence-electron chi connectivity index (χ0n) is 28.1. The number of ether oxygens (including phenoxy) is 4. The minimum absolute atomic E-state index is 0.125. The summed E-state index contributed by atoms with van der Waals surface area (Å²) < 4.78 is 23.7. The fraction of sp³-hybridized carbons (Fsp3) is 0.806. The Labute approximate surface area is 276 Å². The summed E-state index contributed by atoms with van der Waals surface area (Å²) in [7, 11) is 3.01. The lowest BCUT2D eigenvalue weighted by atomic mass is 9.49. The van der Waals surface area contributed by atoms with Crippen LogP contribution in [0.5, 0.6) is 11.5 Å². The van der Waals surface area contributed by atoms with E-state index in [-0.39, 0.29) is 23.4 Å². The van der Waals surface area contributed by atoms with Crippen molar-refractivity contribution in [3.8, 4) is 11.5 Å². The summed E-state index contributed by atoms with van der Waals surface area (Å²) in [5, 5.41) is 61.1. The molecule has 0 amide bonds. The Balaban J connectivity index is 1.14. The predicted octanol–water partition coefficient (Wildman–Crippen LogP) is 2.10. The smallest absolute Gasteiger partial charge is 0.338 e. The molecule has 11 nitrogen and oxygen atoms in total. The van der Waals surface area contributed by atoms with E-state index in [2.05, 4.69) is 18.7 Å². The normalized spacial score (nSPS) is 52.9. The van der Waals surface area contributed by atoms with Crippen LogP contribution in [0.3, 0.4) is 0 Å². The summed E-state index contributed by atoms with van der Waals surface area (Å²) in [6.45, 7) is 7.60. The maximum Gasteiger partial charge on any atom is 0.338 e. The molecule has 3 heterocycles. The summed E-state index contributed by atoms with van der Waals surface area (Å²) in [5.41, 5.74) is -4.24. The van der Waals surface area contributed by atoms with Gasteiger partial charge in [-0.1, -0.05) is 13.8 Å². The van der Waals surface area contributed by atoms with Gasteiger partial charge in [-0.3, -0.25) is 4.90 Å². The first-order valence-electron chi connectivity index (χ1n) is 17.6. The van der Waals surface area contributed by atoms with Crippen molar-refractivity contribution in [2.24, 2.45) is 40.9 Å². The quantitative estimate of drug-likeness (QED) is 0.302. The Hall–Kier alpha value is -1.99. The molecule has 4 aliphatic carbocycles. The molecule has 4 saturated carbocycles. The largest absolute Gasteiger partial charge is 0.493 e. The van der Waals surface area contributed by atoms with Crippen molar-refractivity contribution in [3.63, 3.8) is 0 Å². The van der Waals surface area contributed by atoms with Crippen LogP contribution in [0.2, 0.25) is 0 Å². The van der Waals surface area contributed by atoms with Crippen LogP contribution in [-0.2, 0) is 9.47 Å². The lowest BCUT2D eigenvalue weighted by Gasteiger charge is -2.63. The summed E-state index contributed by atoms with van der Waals surface area (Å²) in [6.07, 6.45) is 0.454. The molecule has 15 atom stereocenters. The van der Waals surface area contributed by atoms with Crippen molar-refractivity contribution in [2.75, 3.05) is 27.3 Å². The number of hydrogen-bond donors (Lipinski definition) is 5. The van der Waals surface area contributed by atoms with E-state index in [1.807, 2.05) is 0 Å². The minimum Gasteiger partial charge on any atom is -0.493 e. The summed E-state index contributed by atoms with van der Waals surface area (Å²) in [6, 6.07) is 4.65. The molecule has 260 valence electrons. The lowest BCUT2D eigenvalue weighted by molar-refractivity contribution is -0.290. The van der Waals surface area contributed by atoms with Crippen LogP contribution < -0.4 is 9.47 Å². The maximum absolute atomic E-state index is 13.5. The highest BCUT2D eigenvalue weighted by molar-refractivity contribution is 5.90. The Morgan fingerprint density at radius 2 is 1.68 bits per heavy atom. The van der Waals surface area contributed by atoms with Gasteiger partial charge in [-0.2, -0.15) is 0 Å². The molecule has 5 N–H and O–H groups in total. The molecular weight excluding hydrogens is 606 g/mol. The van der Waals surface area contributed by atoms with E-state index in [4.69, 9.17) is 18.9 Å². The average molecular weight is 658 g/mol. The van der Waals surface area contributed by atoms with Gasteiger partial charge in [0.15, 0.2) is 17.6 Å². The van der Waals surface area contributed by atoms with Gasteiger partial charge in [0.05, 0.1) is 37.1 Å². The molecule has 11 heteroatoms. The Bertz CT molecular complexity index is 1450. The predicted molar refractivity (Wildman–Crippen MR) is 168 cm³/mol. The molecule has 4 bridgehead atoms. The van der Waals surface area contributed by atoms with Gasteiger partial charge in [0, 0.05) is 42.3 Å². The van der Waals surface area contributed by atoms with Gasteiger partial charge < -0.3 is 44.5 Å². The van der Waals surface area contributed by atoms with E-state index < -0.39 is 70.0 Å². The third-order valence-corrected chi connectivity index (χ3v) is 14.7. The number of aliphatic hydroxyl groups is 5. The molecule has 0 radical (unpaired) electrons. The molecule has 47 heavy (non-hydrogen) atoms. The topological polar surface area (TPSA) is 158 Å². The van der Waals surface area contributed by atoms with E-state index in [9.17, 15) is 30.3 Å². The second-order valence-electron chi connectivity index (χ2n) is 16.5. The molecule has 1 aromatic rings. The van der Waals surface area contributed by atoms with Crippen LogP contribution in [0.15, 0.2) is 18.2 Å². The van der Waals surface area contributed by atoms with Crippen LogP contribution in [0.25, 0.3) is 0 Å². The fourth-order valence-corrected chi connectivity index (χ4v) is 12.7. The summed E-state index contributed by atoms with van der Waals surface area (Å²) in [5.74, 6) is -3.32. The zero-order valence-corrected chi connectivity index (χ0v) is 28.1. The average Bonchev–Trinajstić information content (AvgIpc) is 3.28. The van der Waals surface area contributed by atoms with Gasteiger partial charge in [-0.25, -0.2) is 4.79 Å². The summed E-state index contributed by atoms with van der Waals surface area (Å²) in [4.78, 5) is 15.8. The van der Waals surface area contributed by atoms with Crippen LogP contribution in [0.1, 0.15) is 76.1 Å². The van der Waals surface area contributed by atoms with Crippen LogP contribution in [-0.4, -0.2) is 111 Å². The molecule has 7 fully saturated rings. The Morgan fingerprint density at radius 3 is 2.40 bits per heavy atom. The summed E-state index contributed by atoms with van der Waals surface area (Å²) >= 11 is 0. The lowest BCUT2D eigenvalue weighted by Crippen LogP contribution is -2.76. The molecular formula is C36H51NO10. The van der Waals surface area contributed by atoms with Gasteiger partial charge in [-0.05, 0) is 87.8 Å². The monoisotopic (exact) mass is 657 g/mol. The number of benzene rings is 1. The third-order valence-electron chi connectivity index (χ3n) is 14.7. The van der Waals surface area contributed by atoms with E-state index in [1.54, 1.807) is 25.1 Å². The van der Waals surface area contributed by atoms with Crippen molar-refractivity contribution in [1.29, 1.82) is 0 Å². The number of nitrogens with zero attached hydrogens (tertiary/aromatic N) is 1. The second kappa shape index (κ2) is 10.3. The number of esters is 1. The molecule has 7 aliphatic rings. The van der Waals surface area contributed by atoms with Crippen LogP contribution in [0, 0.1) is 40.9 Å². The Morgan fingerprint density at radius 1 is 0.957 bits per heavy atom. The minimum atomic E-state index is -1.79. The Kier molecular flexibility index (Phi) is 7.05. The molecule has 0 aromatic heterocycles. The molecule has 3 aliphatic heterocycles. The number of carbonyl (C=O) groups excluding carboxylic acids is 1. The molecule has 3 saturated heterocycles. The van der Waals surface area contributed by atoms with Crippen molar-refractivity contribution >= 4 is 5.97 Å². The zero-order chi connectivity index (χ0) is 33.5. The van der Waals surface area contributed by atoms with E-state index in [1.165, 1.54) is 14.2 Å². The maximum atomic E-state index is 13.5. The number of aliphatic hydroxyl groups excluding tert-OH is 2. The van der Waals surface area contributed by atoms with Gasteiger partial charge in [0.1, 0.15) is 11.7 Å². The standard InChI is InChI=1S/C36H51NO10/c1-18-6-11-26-33(3,41)28-20(17-37(26)16-18)21-15-34-25(35(21,42)30(39)29(28)38)10-9-24-32(34,2)13-12-27(36(24,43)47-34)46-31(40)19-7-8-22(44-4)23(14-19)45-5/h7-8,14,18,20-21,24-30,38-39,41-43H,6,9-13,15-17H2,1-5H3/t18-,20-,21-,24?,25+,26-,27-,28+,29+,30-,32-,33+,34+,35-,36?/m0/s1. The fourth-order valence-electron chi connectivity index (χ4n) is 12.7. The van der Waals surface area contributed by atoms with Gasteiger partial charge >= 0.3 is 5.97 Å². The highest BCUT2D eigenvalue weighted by Gasteiger charge is 2.85. The van der Waals surface area contributed by atoms with Gasteiger partial charge in [0.2, 0.25) is 5.79 Å². The number of methoxy groups -OCH3 is 2. The first-order chi connectivity index (χ1) is 22.2. The highest BCUT2D eigenvalue weighted by atomic mass is 16.7. The first kappa shape index (κ1) is 32.2. The van der Waals surface area contributed by atoms with Gasteiger partial charge in [-0.15, -0.1) is 0 Å². The second-order valence-corrected chi connectivity index (χ2v) is 16.5. The van der Waals surface area contributed by atoms with E-state index in [0.29, 0.717) is 56.1 Å².